The first-order chi connectivity index (χ1) is 5.16. The van der Waals surface area contributed by atoms with Crippen molar-refractivity contribution in [2.24, 2.45) is 0 Å². The van der Waals surface area contributed by atoms with E-state index in [1.54, 1.807) is 19.4 Å². The number of pyridine rings is 1. The molecule has 0 amide bonds. The number of hydrogen-bond acceptors (Lipinski definition) is 2. The number of rotatable bonds is 1. The molecule has 1 heterocycles. The van der Waals surface area contributed by atoms with Crippen molar-refractivity contribution in [3.05, 3.63) is 23.5 Å². The predicted octanol–water partition coefficient (Wildman–Crippen LogP) is 0.837. The van der Waals surface area contributed by atoms with Crippen LogP contribution in [-0.2, 0) is 0 Å². The summed E-state index contributed by atoms with van der Waals surface area (Å²) in [6.45, 7) is 3.73. The van der Waals surface area contributed by atoms with Crippen molar-refractivity contribution < 1.29 is 14.7 Å². The quantitative estimate of drug-likeness (QED) is 0.480. The minimum absolute atomic E-state index is 0.796. The molecule has 0 bridgehead atoms. The van der Waals surface area contributed by atoms with Crippen LogP contribution in [0, 0.1) is 13.8 Å². The first-order valence-electron chi connectivity index (χ1n) is 3.42. The molecule has 3 nitrogen and oxygen atoms in total. The summed E-state index contributed by atoms with van der Waals surface area (Å²) >= 11 is 0. The normalized spacial score (nSPS) is 9.73. The maximum Gasteiger partial charge on any atom is 0.237 e. The smallest absolute Gasteiger partial charge is 0.237 e. The second-order valence-corrected chi connectivity index (χ2v) is 2.44. The Bertz CT molecular complexity index is 271. The molecule has 0 spiro atoms. The molecule has 1 aromatic rings. The van der Waals surface area contributed by atoms with Crippen LogP contribution in [0.25, 0.3) is 0 Å². The minimum Gasteiger partial charge on any atom is -0.496 e. The molecule has 0 aromatic carbocycles. The van der Waals surface area contributed by atoms with Gasteiger partial charge in [-0.25, -0.2) is 0 Å². The molecule has 1 aromatic heterocycles. The van der Waals surface area contributed by atoms with Gasteiger partial charge in [-0.3, -0.25) is 5.21 Å². The van der Waals surface area contributed by atoms with Gasteiger partial charge in [0.2, 0.25) is 11.9 Å². The Balaban J connectivity index is 3.25. The Morgan fingerprint density at radius 1 is 1.45 bits per heavy atom. The van der Waals surface area contributed by atoms with E-state index in [1.165, 1.54) is 0 Å². The van der Waals surface area contributed by atoms with E-state index in [9.17, 15) is 5.21 Å². The fraction of sp³-hybridized carbons (Fsp3) is 0.375. The van der Waals surface area contributed by atoms with Crippen molar-refractivity contribution in [3.8, 4) is 5.75 Å². The summed E-state index contributed by atoms with van der Waals surface area (Å²) in [6.07, 6.45) is 1.56. The van der Waals surface area contributed by atoms with Gasteiger partial charge in [0.1, 0.15) is 5.75 Å². The number of hydrogen-bond donors (Lipinski definition) is 1. The third-order valence-electron chi connectivity index (χ3n) is 1.84. The second kappa shape index (κ2) is 2.78. The van der Waals surface area contributed by atoms with Gasteiger partial charge in [-0.15, -0.1) is 0 Å². The molecule has 11 heavy (non-hydrogen) atoms. The van der Waals surface area contributed by atoms with Gasteiger partial charge in [-0.05, 0) is 6.92 Å². The average molecular weight is 154 g/mol. The standard InChI is InChI=1S/C8H12NO2/c1-6-7(2)9(10)5-4-8(6)11-3/h4-5,10H,1-3H3/q+1. The molecule has 0 unspecified atom stereocenters. The third kappa shape index (κ3) is 1.27. The van der Waals surface area contributed by atoms with Crippen LogP contribution in [-0.4, -0.2) is 12.3 Å². The lowest BCUT2D eigenvalue weighted by atomic mass is 10.2. The average Bonchev–Trinajstić information content (AvgIpc) is 2.01. The predicted molar refractivity (Wildman–Crippen MR) is 39.8 cm³/mol. The summed E-state index contributed by atoms with van der Waals surface area (Å²) in [6, 6.07) is 1.72. The molecule has 0 saturated carbocycles. The third-order valence-corrected chi connectivity index (χ3v) is 1.84. The van der Waals surface area contributed by atoms with Crippen LogP contribution in [0.4, 0.5) is 0 Å². The van der Waals surface area contributed by atoms with Gasteiger partial charge in [0.25, 0.3) is 0 Å². The molecule has 1 rings (SSSR count). The maximum atomic E-state index is 9.18. The highest BCUT2D eigenvalue weighted by atomic mass is 16.5. The van der Waals surface area contributed by atoms with Crippen molar-refractivity contribution in [2.75, 3.05) is 7.11 Å². The van der Waals surface area contributed by atoms with Gasteiger partial charge in [0.05, 0.1) is 12.7 Å². The zero-order chi connectivity index (χ0) is 8.43. The van der Waals surface area contributed by atoms with Crippen molar-refractivity contribution in [1.29, 1.82) is 0 Å². The number of methoxy groups -OCH3 is 1. The van der Waals surface area contributed by atoms with E-state index < -0.39 is 0 Å². The molecule has 0 fully saturated rings. The first-order valence-corrected chi connectivity index (χ1v) is 3.42. The van der Waals surface area contributed by atoms with Crippen LogP contribution in [0.3, 0.4) is 0 Å². The number of aromatic nitrogens is 1. The van der Waals surface area contributed by atoms with E-state index >= 15 is 0 Å². The lowest BCUT2D eigenvalue weighted by molar-refractivity contribution is -0.909. The lowest BCUT2D eigenvalue weighted by Crippen LogP contribution is -2.33. The molecule has 0 atom stereocenters. The Hall–Kier alpha value is -1.25. The molecular weight excluding hydrogens is 142 g/mol. The molecule has 0 aliphatic heterocycles. The van der Waals surface area contributed by atoms with E-state index in [1.807, 2.05) is 13.8 Å². The van der Waals surface area contributed by atoms with Gasteiger partial charge in [-0.1, -0.05) is 0 Å². The van der Waals surface area contributed by atoms with Gasteiger partial charge in [0.15, 0.2) is 0 Å². The van der Waals surface area contributed by atoms with Crippen LogP contribution in [0.15, 0.2) is 12.3 Å². The number of ether oxygens (including phenoxy) is 1. The molecule has 0 aliphatic carbocycles. The molecular formula is C8H12NO2+. The summed E-state index contributed by atoms with van der Waals surface area (Å²) in [4.78, 5) is 0. The summed E-state index contributed by atoms with van der Waals surface area (Å²) < 4.78 is 6.14. The summed E-state index contributed by atoms with van der Waals surface area (Å²) in [7, 11) is 1.61. The highest BCUT2D eigenvalue weighted by Crippen LogP contribution is 2.16. The molecule has 3 heteroatoms. The molecule has 60 valence electrons. The fourth-order valence-electron chi connectivity index (χ4n) is 0.946. The highest BCUT2D eigenvalue weighted by Gasteiger charge is 2.11. The summed E-state index contributed by atoms with van der Waals surface area (Å²) in [5, 5.41) is 9.18. The Labute approximate surface area is 65.8 Å². The second-order valence-electron chi connectivity index (χ2n) is 2.44. The monoisotopic (exact) mass is 154 g/mol. The summed E-state index contributed by atoms with van der Waals surface area (Å²) in [5.74, 6) is 0.799. The van der Waals surface area contributed by atoms with Crippen molar-refractivity contribution in [1.82, 2.24) is 0 Å². The van der Waals surface area contributed by atoms with E-state index in [2.05, 4.69) is 0 Å². The zero-order valence-electron chi connectivity index (χ0n) is 6.96. The van der Waals surface area contributed by atoms with E-state index in [-0.39, 0.29) is 0 Å². The van der Waals surface area contributed by atoms with Crippen LogP contribution in [0.2, 0.25) is 0 Å². The SMILES string of the molecule is COc1cc[n+](O)c(C)c1C. The van der Waals surface area contributed by atoms with Crippen molar-refractivity contribution in [2.45, 2.75) is 13.8 Å². The van der Waals surface area contributed by atoms with E-state index in [0.29, 0.717) is 0 Å². The largest absolute Gasteiger partial charge is 0.496 e. The van der Waals surface area contributed by atoms with Gasteiger partial charge >= 0.3 is 0 Å². The maximum absolute atomic E-state index is 9.18. The van der Waals surface area contributed by atoms with Crippen LogP contribution in [0.1, 0.15) is 11.3 Å². The lowest BCUT2D eigenvalue weighted by Gasteiger charge is -2.02. The van der Waals surface area contributed by atoms with Crippen molar-refractivity contribution in [3.63, 3.8) is 0 Å². The number of nitrogens with zero attached hydrogens (tertiary/aromatic N) is 1. The first kappa shape index (κ1) is 7.85. The van der Waals surface area contributed by atoms with Crippen LogP contribution < -0.4 is 9.47 Å². The van der Waals surface area contributed by atoms with E-state index in [0.717, 1.165) is 21.7 Å². The van der Waals surface area contributed by atoms with Crippen LogP contribution >= 0.6 is 0 Å². The van der Waals surface area contributed by atoms with Gasteiger partial charge < -0.3 is 4.74 Å². The Kier molecular flexibility index (Phi) is 1.98. The topological polar surface area (TPSA) is 33.3 Å². The molecule has 1 N–H and O–H groups in total. The highest BCUT2D eigenvalue weighted by molar-refractivity contribution is 5.30. The van der Waals surface area contributed by atoms with Gasteiger partial charge in [0, 0.05) is 17.7 Å². The Morgan fingerprint density at radius 3 is 2.64 bits per heavy atom. The van der Waals surface area contributed by atoms with E-state index in [4.69, 9.17) is 4.74 Å². The fourth-order valence-corrected chi connectivity index (χ4v) is 0.946. The zero-order valence-corrected chi connectivity index (χ0v) is 6.96. The minimum atomic E-state index is 0.796. The molecule has 0 saturated heterocycles. The Morgan fingerprint density at radius 2 is 2.09 bits per heavy atom. The van der Waals surface area contributed by atoms with Crippen LogP contribution in [0.5, 0.6) is 5.75 Å². The van der Waals surface area contributed by atoms with Crippen molar-refractivity contribution >= 4 is 0 Å². The van der Waals surface area contributed by atoms with Gasteiger partial charge in [-0.2, -0.15) is 0 Å². The summed E-state index contributed by atoms with van der Waals surface area (Å²) in [5.41, 5.74) is 1.75. The molecule has 0 aliphatic rings. The molecule has 0 radical (unpaired) electrons.